The van der Waals surface area contributed by atoms with Gasteiger partial charge in [0.05, 0.1) is 18.7 Å². The molecule has 1 N–H and O–H groups in total. The van der Waals surface area contributed by atoms with Gasteiger partial charge in [-0.25, -0.2) is 4.39 Å². The Morgan fingerprint density at radius 2 is 2.03 bits per heavy atom. The van der Waals surface area contributed by atoms with Gasteiger partial charge in [0.1, 0.15) is 17.7 Å². The van der Waals surface area contributed by atoms with Gasteiger partial charge in [-0.05, 0) is 50.7 Å². The summed E-state index contributed by atoms with van der Waals surface area (Å²) < 4.78 is 20.3. The summed E-state index contributed by atoms with van der Waals surface area (Å²) >= 11 is 0. The lowest BCUT2D eigenvalue weighted by Crippen LogP contribution is -2.30. The highest BCUT2D eigenvalue weighted by Gasteiger charge is 2.21. The van der Waals surface area contributed by atoms with E-state index in [1.807, 2.05) is 20.8 Å². The number of carbonyl (C=O) groups excluding carboxylic acids is 1. The van der Waals surface area contributed by atoms with Crippen molar-refractivity contribution in [1.82, 2.24) is 19.6 Å². The predicted octanol–water partition coefficient (Wildman–Crippen LogP) is 3.12. The van der Waals surface area contributed by atoms with E-state index < -0.39 is 0 Å². The molecule has 8 nitrogen and oxygen atoms in total. The average molecular weight is 410 g/mol. The molecule has 0 aliphatic rings. The third kappa shape index (κ3) is 4.39. The van der Waals surface area contributed by atoms with Crippen molar-refractivity contribution in [3.05, 3.63) is 58.6 Å². The van der Waals surface area contributed by atoms with Gasteiger partial charge in [-0.3, -0.25) is 14.3 Å². The van der Waals surface area contributed by atoms with Crippen LogP contribution in [0.4, 0.5) is 10.2 Å². The van der Waals surface area contributed by atoms with Crippen LogP contribution in [0.3, 0.4) is 0 Å². The van der Waals surface area contributed by atoms with Crippen LogP contribution in [0.25, 0.3) is 5.69 Å². The second kappa shape index (κ2) is 8.88. The van der Waals surface area contributed by atoms with Crippen molar-refractivity contribution in [3.8, 4) is 11.8 Å². The fourth-order valence-electron chi connectivity index (χ4n) is 3.18. The minimum Gasteiger partial charge on any atom is -0.338 e. The molecule has 0 aliphatic carbocycles. The third-order valence-electron chi connectivity index (χ3n) is 4.81. The van der Waals surface area contributed by atoms with Crippen LogP contribution in [0, 0.1) is 31.0 Å². The van der Waals surface area contributed by atoms with E-state index in [9.17, 15) is 14.4 Å². The number of halogens is 1. The van der Waals surface area contributed by atoms with Crippen molar-refractivity contribution in [2.24, 2.45) is 0 Å². The minimum absolute atomic E-state index is 0.0569. The van der Waals surface area contributed by atoms with Gasteiger partial charge in [-0.15, -0.1) is 0 Å². The molecule has 0 atom stereocenters. The summed E-state index contributed by atoms with van der Waals surface area (Å²) in [7, 11) is 1.76. The van der Waals surface area contributed by atoms with E-state index >= 15 is 0 Å². The van der Waals surface area contributed by atoms with E-state index in [0.29, 0.717) is 41.7 Å². The molecule has 0 aliphatic heterocycles. The van der Waals surface area contributed by atoms with Crippen LogP contribution in [0.15, 0.2) is 28.8 Å². The average Bonchev–Trinajstić information content (AvgIpc) is 3.25. The Bertz CT molecular complexity index is 1090. The third-order valence-corrected chi connectivity index (χ3v) is 4.81. The van der Waals surface area contributed by atoms with Crippen LogP contribution in [0.1, 0.15) is 35.5 Å². The molecule has 0 saturated heterocycles. The molecule has 9 heteroatoms. The zero-order chi connectivity index (χ0) is 21.8. The Morgan fingerprint density at radius 1 is 1.33 bits per heavy atom. The quantitative estimate of drug-likeness (QED) is 0.642. The first-order valence-electron chi connectivity index (χ1n) is 9.51. The lowest BCUT2D eigenvalue weighted by Gasteiger charge is -2.16. The first-order valence-corrected chi connectivity index (χ1v) is 9.51. The van der Waals surface area contributed by atoms with Crippen LogP contribution in [0.5, 0.6) is 0 Å². The maximum Gasteiger partial charge on any atom is 0.240 e. The fraction of sp³-hybridized carbons (Fsp3) is 0.333. The standard InChI is InChI=1S/C21H23FN6O2/c1-5-18-24-20(30-26-18)12-27(4)11-19(29)25-21-17(10-23)13(2)14(3)28(21)16-8-6-15(22)7-9-16/h6-9H,5,11-12H2,1-4H3,(H,25,29). The Labute approximate surface area is 173 Å². The van der Waals surface area contributed by atoms with Crippen molar-refractivity contribution in [3.63, 3.8) is 0 Å². The van der Waals surface area contributed by atoms with Crippen LogP contribution >= 0.6 is 0 Å². The highest BCUT2D eigenvalue weighted by molar-refractivity contribution is 5.93. The highest BCUT2D eigenvalue weighted by atomic mass is 19.1. The molecule has 0 spiro atoms. The van der Waals surface area contributed by atoms with Crippen molar-refractivity contribution < 1.29 is 13.7 Å². The number of amides is 1. The van der Waals surface area contributed by atoms with Crippen molar-refractivity contribution >= 4 is 11.7 Å². The second-order valence-electron chi connectivity index (χ2n) is 7.04. The molecule has 3 rings (SSSR count). The van der Waals surface area contributed by atoms with E-state index in [0.717, 1.165) is 11.3 Å². The molecule has 0 bridgehead atoms. The molecule has 1 amide bonds. The van der Waals surface area contributed by atoms with Crippen molar-refractivity contribution in [1.29, 1.82) is 5.26 Å². The number of hydrogen-bond donors (Lipinski definition) is 1. The van der Waals surface area contributed by atoms with Gasteiger partial charge in [-0.1, -0.05) is 12.1 Å². The van der Waals surface area contributed by atoms with Crippen LogP contribution < -0.4 is 5.32 Å². The molecule has 156 valence electrons. The molecule has 2 heterocycles. The summed E-state index contributed by atoms with van der Waals surface area (Å²) in [6.45, 7) is 5.97. The maximum absolute atomic E-state index is 13.4. The summed E-state index contributed by atoms with van der Waals surface area (Å²) in [5.74, 6) is 0.750. The summed E-state index contributed by atoms with van der Waals surface area (Å²) in [5, 5.41) is 16.3. The van der Waals surface area contributed by atoms with Gasteiger partial charge in [0.2, 0.25) is 11.8 Å². The number of rotatable bonds is 7. The number of nitrogens with zero attached hydrogens (tertiary/aromatic N) is 5. The predicted molar refractivity (Wildman–Crippen MR) is 109 cm³/mol. The fourth-order valence-corrected chi connectivity index (χ4v) is 3.18. The Morgan fingerprint density at radius 3 is 2.63 bits per heavy atom. The van der Waals surface area contributed by atoms with E-state index in [2.05, 4.69) is 21.5 Å². The molecule has 0 unspecified atom stereocenters. The minimum atomic E-state index is -0.361. The summed E-state index contributed by atoms with van der Waals surface area (Å²) in [6, 6.07) is 8.04. The number of hydrogen-bond acceptors (Lipinski definition) is 6. The number of aromatic nitrogens is 3. The molecular formula is C21H23FN6O2. The smallest absolute Gasteiger partial charge is 0.240 e. The number of anilines is 1. The summed E-state index contributed by atoms with van der Waals surface area (Å²) in [4.78, 5) is 18.7. The lowest BCUT2D eigenvalue weighted by atomic mass is 10.2. The van der Waals surface area contributed by atoms with Gasteiger partial charge in [0, 0.05) is 17.8 Å². The van der Waals surface area contributed by atoms with E-state index in [1.54, 1.807) is 28.6 Å². The SMILES string of the molecule is CCc1noc(CN(C)CC(=O)Nc2c(C#N)c(C)c(C)n2-c2ccc(F)cc2)n1. The van der Waals surface area contributed by atoms with Crippen molar-refractivity contribution in [2.75, 3.05) is 18.9 Å². The highest BCUT2D eigenvalue weighted by Crippen LogP contribution is 2.30. The molecule has 0 radical (unpaired) electrons. The molecular weight excluding hydrogens is 387 g/mol. The molecule has 0 fully saturated rings. The summed E-state index contributed by atoms with van der Waals surface area (Å²) in [6.07, 6.45) is 0.670. The molecule has 1 aromatic carbocycles. The maximum atomic E-state index is 13.4. The Hall–Kier alpha value is -3.51. The van der Waals surface area contributed by atoms with E-state index in [4.69, 9.17) is 4.52 Å². The Balaban J connectivity index is 1.81. The van der Waals surface area contributed by atoms with E-state index in [-0.39, 0.29) is 18.3 Å². The van der Waals surface area contributed by atoms with Crippen LogP contribution in [-0.4, -0.2) is 39.1 Å². The number of benzene rings is 1. The van der Waals surface area contributed by atoms with Gasteiger partial charge in [0.25, 0.3) is 0 Å². The first-order chi connectivity index (χ1) is 14.3. The monoisotopic (exact) mass is 410 g/mol. The summed E-state index contributed by atoms with van der Waals surface area (Å²) in [5.41, 5.74) is 2.57. The topological polar surface area (TPSA) is 100.0 Å². The number of carbonyl (C=O) groups is 1. The second-order valence-corrected chi connectivity index (χ2v) is 7.04. The number of nitrogens with one attached hydrogen (secondary N) is 1. The molecule has 30 heavy (non-hydrogen) atoms. The molecule has 2 aromatic heterocycles. The zero-order valence-electron chi connectivity index (χ0n) is 17.4. The Kier molecular flexibility index (Phi) is 6.28. The van der Waals surface area contributed by atoms with Gasteiger partial charge in [-0.2, -0.15) is 10.2 Å². The van der Waals surface area contributed by atoms with Crippen LogP contribution in [-0.2, 0) is 17.8 Å². The number of aryl methyl sites for hydroxylation is 1. The van der Waals surface area contributed by atoms with E-state index in [1.165, 1.54) is 12.1 Å². The number of likely N-dealkylation sites (N-methyl/N-ethyl adjacent to an activating group) is 1. The lowest BCUT2D eigenvalue weighted by molar-refractivity contribution is -0.117. The largest absolute Gasteiger partial charge is 0.338 e. The molecule has 0 saturated carbocycles. The number of nitriles is 1. The first kappa shape index (κ1) is 21.2. The zero-order valence-corrected chi connectivity index (χ0v) is 17.4. The van der Waals surface area contributed by atoms with Gasteiger partial charge < -0.3 is 9.84 Å². The molecule has 3 aromatic rings. The van der Waals surface area contributed by atoms with Gasteiger partial charge in [0.15, 0.2) is 5.82 Å². The normalized spacial score (nSPS) is 11.0. The van der Waals surface area contributed by atoms with Crippen LogP contribution in [0.2, 0.25) is 0 Å². The van der Waals surface area contributed by atoms with Gasteiger partial charge >= 0.3 is 0 Å². The van der Waals surface area contributed by atoms with Crippen molar-refractivity contribution in [2.45, 2.75) is 33.7 Å².